The molecule has 0 atom stereocenters. The van der Waals surface area contributed by atoms with Crippen molar-refractivity contribution in [3.63, 3.8) is 0 Å². The summed E-state index contributed by atoms with van der Waals surface area (Å²) in [6.07, 6.45) is 10.7. The molecule has 35 heavy (non-hydrogen) atoms. The van der Waals surface area contributed by atoms with Gasteiger partial charge in [-0.2, -0.15) is 0 Å². The molecule has 2 aromatic carbocycles. The number of hydrogen-bond acceptors (Lipinski definition) is 3. The van der Waals surface area contributed by atoms with E-state index in [0.29, 0.717) is 0 Å². The summed E-state index contributed by atoms with van der Waals surface area (Å²) in [7, 11) is 0. The molecule has 0 unspecified atom stereocenters. The standard InChI is InChI=1S/C28H24N4.C3H6/c1-19-11-12-28-24(15-19)23-9-3-4-10-27(23)32(28)22-16-25(20(2)7-5-13-29)31-26(17-22)21-8-6-14-30-18-21;1-3-2/h3-18H,29H2,1-2H3;3H,1H2,2H3/b13-5-,20-7+;. The molecule has 0 aliphatic heterocycles. The van der Waals surface area contributed by atoms with Crippen LogP contribution in [0, 0.1) is 6.92 Å². The van der Waals surface area contributed by atoms with Crippen LogP contribution in [0.15, 0.2) is 110 Å². The van der Waals surface area contributed by atoms with Gasteiger partial charge in [-0.25, -0.2) is 4.98 Å². The second kappa shape index (κ2) is 10.7. The van der Waals surface area contributed by atoms with Crippen molar-refractivity contribution in [2.45, 2.75) is 20.8 Å². The Balaban J connectivity index is 0.000000917. The van der Waals surface area contributed by atoms with E-state index in [-0.39, 0.29) is 0 Å². The van der Waals surface area contributed by atoms with E-state index in [1.54, 1.807) is 12.3 Å². The summed E-state index contributed by atoms with van der Waals surface area (Å²) in [6.45, 7) is 9.43. The van der Waals surface area contributed by atoms with Crippen LogP contribution in [0.4, 0.5) is 0 Å². The summed E-state index contributed by atoms with van der Waals surface area (Å²) in [5, 5.41) is 2.49. The number of rotatable bonds is 4. The van der Waals surface area contributed by atoms with Crippen LogP contribution < -0.4 is 5.73 Å². The fourth-order valence-corrected chi connectivity index (χ4v) is 4.16. The number of fused-ring (bicyclic) bond motifs is 3. The van der Waals surface area contributed by atoms with Crippen LogP contribution >= 0.6 is 0 Å². The lowest BCUT2D eigenvalue weighted by molar-refractivity contribution is 1.14. The third-order valence-corrected chi connectivity index (χ3v) is 5.72. The summed E-state index contributed by atoms with van der Waals surface area (Å²) in [4.78, 5) is 9.24. The van der Waals surface area contributed by atoms with E-state index in [4.69, 9.17) is 10.7 Å². The summed E-state index contributed by atoms with van der Waals surface area (Å²) >= 11 is 0. The minimum Gasteiger partial charge on any atom is -0.405 e. The molecule has 0 aliphatic rings. The predicted molar refractivity (Wildman–Crippen MR) is 149 cm³/mol. The number of pyridine rings is 2. The number of aryl methyl sites for hydroxylation is 1. The highest BCUT2D eigenvalue weighted by atomic mass is 15.0. The first-order chi connectivity index (χ1) is 17.1. The Bertz CT molecular complexity index is 1540. The average molecular weight is 459 g/mol. The Hall–Kier alpha value is -4.44. The Morgan fingerprint density at radius 1 is 0.971 bits per heavy atom. The highest BCUT2D eigenvalue weighted by Gasteiger charge is 2.15. The van der Waals surface area contributed by atoms with Crippen LogP contribution in [0.1, 0.15) is 25.1 Å². The van der Waals surface area contributed by atoms with Gasteiger partial charge in [0, 0.05) is 28.7 Å². The van der Waals surface area contributed by atoms with Gasteiger partial charge in [-0.1, -0.05) is 42.0 Å². The Kier molecular flexibility index (Phi) is 7.22. The van der Waals surface area contributed by atoms with Crippen LogP contribution in [-0.4, -0.2) is 14.5 Å². The van der Waals surface area contributed by atoms with Crippen LogP contribution in [0.3, 0.4) is 0 Å². The van der Waals surface area contributed by atoms with E-state index in [1.807, 2.05) is 44.3 Å². The molecule has 5 rings (SSSR count). The fourth-order valence-electron chi connectivity index (χ4n) is 4.16. The SMILES string of the molecule is C/C(=C\C=C/N)c1cc(-n2c3ccccc3c3cc(C)ccc32)cc(-c2cccnc2)n1.C=CC. The number of allylic oxidation sites excluding steroid dienone is 4. The van der Waals surface area contributed by atoms with Crippen molar-refractivity contribution < 1.29 is 0 Å². The maximum atomic E-state index is 5.56. The van der Waals surface area contributed by atoms with E-state index in [9.17, 15) is 0 Å². The molecule has 4 heteroatoms. The minimum atomic E-state index is 0.883. The van der Waals surface area contributed by atoms with Crippen molar-refractivity contribution >= 4 is 27.4 Å². The van der Waals surface area contributed by atoms with Crippen LogP contribution in [0.25, 0.3) is 44.3 Å². The third-order valence-electron chi connectivity index (χ3n) is 5.72. The lowest BCUT2D eigenvalue weighted by atomic mass is 10.1. The second-order valence-electron chi connectivity index (χ2n) is 8.35. The van der Waals surface area contributed by atoms with E-state index in [2.05, 4.69) is 77.7 Å². The zero-order valence-corrected chi connectivity index (χ0v) is 20.4. The first-order valence-electron chi connectivity index (χ1n) is 11.6. The molecule has 0 saturated heterocycles. The molecule has 5 aromatic rings. The third kappa shape index (κ3) is 4.92. The maximum Gasteiger partial charge on any atom is 0.0745 e. The van der Waals surface area contributed by atoms with Gasteiger partial charge < -0.3 is 10.3 Å². The van der Waals surface area contributed by atoms with Crippen molar-refractivity contribution in [1.29, 1.82) is 0 Å². The molecular formula is C31H30N4. The number of nitrogens with zero attached hydrogens (tertiary/aromatic N) is 3. The number of nitrogens with two attached hydrogens (primary N) is 1. The average Bonchev–Trinajstić information content (AvgIpc) is 3.21. The smallest absolute Gasteiger partial charge is 0.0745 e. The molecule has 2 N–H and O–H groups in total. The lowest BCUT2D eigenvalue weighted by Gasteiger charge is -2.13. The molecule has 174 valence electrons. The highest BCUT2D eigenvalue weighted by molar-refractivity contribution is 6.09. The molecule has 0 radical (unpaired) electrons. The van der Waals surface area contributed by atoms with Crippen molar-refractivity contribution in [3.05, 3.63) is 121 Å². The fraction of sp³-hybridized carbons (Fsp3) is 0.0968. The zero-order valence-electron chi connectivity index (χ0n) is 20.4. The summed E-state index contributed by atoms with van der Waals surface area (Å²) < 4.78 is 2.32. The highest BCUT2D eigenvalue weighted by Crippen LogP contribution is 2.34. The zero-order chi connectivity index (χ0) is 24.8. The van der Waals surface area contributed by atoms with E-state index in [0.717, 1.165) is 28.2 Å². The van der Waals surface area contributed by atoms with Crippen LogP contribution in [-0.2, 0) is 0 Å². The Labute approximate surface area is 206 Å². The van der Waals surface area contributed by atoms with Crippen LogP contribution in [0.2, 0.25) is 0 Å². The normalized spacial score (nSPS) is 11.6. The molecule has 0 saturated carbocycles. The lowest BCUT2D eigenvalue weighted by Crippen LogP contribution is -1.99. The summed E-state index contributed by atoms with van der Waals surface area (Å²) in [6, 6.07) is 23.4. The van der Waals surface area contributed by atoms with Gasteiger partial charge in [0.1, 0.15) is 0 Å². The summed E-state index contributed by atoms with van der Waals surface area (Å²) in [5.41, 5.74) is 14.0. The summed E-state index contributed by atoms with van der Waals surface area (Å²) in [5.74, 6) is 0. The van der Waals surface area contributed by atoms with Crippen molar-refractivity contribution in [2.24, 2.45) is 5.73 Å². The van der Waals surface area contributed by atoms with Gasteiger partial charge in [-0.3, -0.25) is 4.98 Å². The van der Waals surface area contributed by atoms with Gasteiger partial charge in [0.05, 0.1) is 28.1 Å². The van der Waals surface area contributed by atoms with Crippen molar-refractivity contribution in [1.82, 2.24) is 14.5 Å². The molecule has 3 aromatic heterocycles. The van der Waals surface area contributed by atoms with E-state index in [1.165, 1.54) is 33.6 Å². The molecule has 4 nitrogen and oxygen atoms in total. The van der Waals surface area contributed by atoms with Gasteiger partial charge in [-0.05, 0) is 81.1 Å². The number of hydrogen-bond donors (Lipinski definition) is 1. The number of benzene rings is 2. The topological polar surface area (TPSA) is 56.7 Å². The Morgan fingerprint density at radius 2 is 1.74 bits per heavy atom. The number of aromatic nitrogens is 3. The Morgan fingerprint density at radius 3 is 2.49 bits per heavy atom. The first-order valence-corrected chi connectivity index (χ1v) is 11.6. The largest absolute Gasteiger partial charge is 0.405 e. The first kappa shape index (κ1) is 23.7. The van der Waals surface area contributed by atoms with Gasteiger partial charge in [-0.15, -0.1) is 6.58 Å². The van der Waals surface area contributed by atoms with E-state index >= 15 is 0 Å². The van der Waals surface area contributed by atoms with Crippen LogP contribution in [0.5, 0.6) is 0 Å². The second-order valence-corrected chi connectivity index (χ2v) is 8.35. The molecule has 0 amide bonds. The van der Waals surface area contributed by atoms with Gasteiger partial charge in [0.15, 0.2) is 0 Å². The van der Waals surface area contributed by atoms with Gasteiger partial charge in [0.25, 0.3) is 0 Å². The molecule has 0 spiro atoms. The molecule has 0 fully saturated rings. The maximum absolute atomic E-state index is 5.56. The number of para-hydroxylation sites is 1. The predicted octanol–water partition coefficient (Wildman–Crippen LogP) is 7.62. The van der Waals surface area contributed by atoms with Crippen molar-refractivity contribution in [2.75, 3.05) is 0 Å². The monoisotopic (exact) mass is 458 g/mol. The molecular weight excluding hydrogens is 428 g/mol. The molecule has 0 bridgehead atoms. The quantitative estimate of drug-likeness (QED) is 0.223. The minimum absolute atomic E-state index is 0.883. The molecule has 0 aliphatic carbocycles. The molecule has 3 heterocycles. The van der Waals surface area contributed by atoms with Gasteiger partial charge in [0.2, 0.25) is 0 Å². The van der Waals surface area contributed by atoms with E-state index < -0.39 is 0 Å². The van der Waals surface area contributed by atoms with Crippen molar-refractivity contribution in [3.8, 4) is 16.9 Å². The van der Waals surface area contributed by atoms with Gasteiger partial charge >= 0.3 is 0 Å².